The van der Waals surface area contributed by atoms with Crippen LogP contribution in [0.4, 0.5) is 18.9 Å². The third-order valence-corrected chi connectivity index (χ3v) is 11.0. The number of hydrogen-bond donors (Lipinski definition) is 0. The molecule has 6 aliphatic rings. The van der Waals surface area contributed by atoms with Crippen LogP contribution in [0.15, 0.2) is 36.4 Å². The SMILES string of the molecule is Cl.O=C1C2C3C=CC(C4CC34)C2S(=O)(=O)N1CCCCN1CCN(c2cccc(C(F)(F)F)c2)CC1. The maximum Gasteiger partial charge on any atom is 0.416 e. The predicted octanol–water partition coefficient (Wildman–Crippen LogP) is 3.64. The normalized spacial score (nSPS) is 34.4. The minimum Gasteiger partial charge on any atom is -0.369 e. The summed E-state index contributed by atoms with van der Waals surface area (Å²) in [6.07, 6.45) is 2.24. The van der Waals surface area contributed by atoms with E-state index in [1.807, 2.05) is 11.0 Å². The highest BCUT2D eigenvalue weighted by molar-refractivity contribution is 7.90. The fourth-order valence-electron chi connectivity index (χ4n) is 6.92. The zero-order valence-corrected chi connectivity index (χ0v) is 21.4. The fourth-order valence-corrected chi connectivity index (χ4v) is 9.33. The van der Waals surface area contributed by atoms with Gasteiger partial charge in [0.1, 0.15) is 0 Å². The molecule has 1 aromatic carbocycles. The minimum atomic E-state index is -4.35. The van der Waals surface area contributed by atoms with Gasteiger partial charge in [-0.2, -0.15) is 13.2 Å². The largest absolute Gasteiger partial charge is 0.416 e. The van der Waals surface area contributed by atoms with E-state index in [2.05, 4.69) is 11.0 Å². The average Bonchev–Trinajstić information content (AvgIpc) is 3.63. The first-order valence-electron chi connectivity index (χ1n) is 12.5. The Morgan fingerprint density at radius 2 is 1.61 bits per heavy atom. The van der Waals surface area contributed by atoms with Crippen LogP contribution in [0, 0.1) is 29.6 Å². The van der Waals surface area contributed by atoms with Crippen LogP contribution >= 0.6 is 12.4 Å². The second kappa shape index (κ2) is 9.20. The first kappa shape index (κ1) is 25.9. The maximum atomic E-state index is 13.2. The quantitative estimate of drug-likeness (QED) is 0.403. The van der Waals surface area contributed by atoms with Gasteiger partial charge in [-0.1, -0.05) is 18.2 Å². The molecule has 1 amide bonds. The van der Waals surface area contributed by atoms with E-state index < -0.39 is 27.0 Å². The molecule has 6 nitrogen and oxygen atoms in total. The van der Waals surface area contributed by atoms with Crippen LogP contribution in [0.1, 0.15) is 24.8 Å². The molecule has 36 heavy (non-hydrogen) atoms. The lowest BCUT2D eigenvalue weighted by Crippen LogP contribution is -2.46. The number of carbonyl (C=O) groups excluding carboxylic acids is 1. The zero-order chi connectivity index (χ0) is 24.5. The van der Waals surface area contributed by atoms with Crippen molar-refractivity contribution in [2.45, 2.75) is 30.7 Å². The molecule has 1 aromatic rings. The fraction of sp³-hybridized carbons (Fsp3) is 0.640. The molecule has 6 atom stereocenters. The first-order chi connectivity index (χ1) is 16.7. The van der Waals surface area contributed by atoms with Gasteiger partial charge in [0, 0.05) is 38.4 Å². The molecule has 4 aliphatic carbocycles. The molecule has 0 N–H and O–H groups in total. The molecule has 4 fully saturated rings. The summed E-state index contributed by atoms with van der Waals surface area (Å²) in [5.41, 5.74) is -0.0516. The Morgan fingerprint density at radius 1 is 0.944 bits per heavy atom. The number of hydrogen-bond acceptors (Lipinski definition) is 5. The van der Waals surface area contributed by atoms with Gasteiger partial charge in [0.2, 0.25) is 15.9 Å². The summed E-state index contributed by atoms with van der Waals surface area (Å²) in [6, 6.07) is 5.44. The second-order valence-electron chi connectivity index (χ2n) is 10.6. The number of rotatable bonds is 6. The van der Waals surface area contributed by atoms with Gasteiger partial charge in [0.15, 0.2) is 0 Å². The molecular weight excluding hydrogens is 515 g/mol. The molecule has 0 radical (unpaired) electrons. The molecule has 2 saturated heterocycles. The Balaban J connectivity index is 0.00000267. The van der Waals surface area contributed by atoms with Crippen molar-refractivity contribution in [3.63, 3.8) is 0 Å². The molecule has 198 valence electrons. The zero-order valence-electron chi connectivity index (χ0n) is 19.8. The number of piperazine rings is 1. The van der Waals surface area contributed by atoms with E-state index in [1.165, 1.54) is 16.4 Å². The van der Waals surface area contributed by atoms with Crippen molar-refractivity contribution < 1.29 is 26.4 Å². The van der Waals surface area contributed by atoms with Crippen molar-refractivity contribution in [3.05, 3.63) is 42.0 Å². The number of anilines is 1. The maximum absolute atomic E-state index is 13.2. The van der Waals surface area contributed by atoms with Crippen LogP contribution in [-0.2, 0) is 21.0 Å². The average molecular weight is 546 g/mol. The Hall–Kier alpha value is -1.78. The standard InChI is InChI=1S/C25H30F3N3O3S.ClH/c26-25(27,28)16-4-3-5-17(14-16)30-12-10-29(11-13-30)8-1-2-9-31-24(32)22-18-6-7-19(21-15-20(18)21)23(22)35(31,33)34;/h3-7,14,18-23H,1-2,8-13,15H2;1H. The van der Waals surface area contributed by atoms with Crippen molar-refractivity contribution in [1.29, 1.82) is 0 Å². The molecular formula is C25H31ClF3N3O3S. The highest BCUT2D eigenvalue weighted by Crippen LogP contribution is 2.64. The van der Waals surface area contributed by atoms with E-state index in [4.69, 9.17) is 0 Å². The van der Waals surface area contributed by atoms with E-state index in [9.17, 15) is 26.4 Å². The number of unbranched alkanes of at least 4 members (excludes halogenated alkanes) is 1. The molecule has 11 heteroatoms. The van der Waals surface area contributed by atoms with E-state index in [1.54, 1.807) is 6.07 Å². The Bertz CT molecular complexity index is 1150. The summed E-state index contributed by atoms with van der Waals surface area (Å²) in [6.45, 7) is 3.78. The van der Waals surface area contributed by atoms with Gasteiger partial charge in [0.25, 0.3) is 0 Å². The number of nitrogens with zero attached hydrogens (tertiary/aromatic N) is 3. The van der Waals surface area contributed by atoms with E-state index in [0.717, 1.165) is 38.5 Å². The van der Waals surface area contributed by atoms with Gasteiger partial charge in [-0.25, -0.2) is 12.7 Å². The third kappa shape index (κ3) is 4.22. The van der Waals surface area contributed by atoms with Crippen LogP contribution in [0.2, 0.25) is 0 Å². The second-order valence-corrected chi connectivity index (χ2v) is 12.6. The minimum absolute atomic E-state index is 0. The molecule has 2 heterocycles. The molecule has 0 spiro atoms. The number of amides is 1. The number of allylic oxidation sites excluding steroid dienone is 2. The van der Waals surface area contributed by atoms with Gasteiger partial charge < -0.3 is 4.90 Å². The van der Waals surface area contributed by atoms with E-state index in [0.29, 0.717) is 37.0 Å². The summed E-state index contributed by atoms with van der Waals surface area (Å²) in [5, 5.41) is -0.558. The van der Waals surface area contributed by atoms with Crippen LogP contribution in [0.5, 0.6) is 0 Å². The monoisotopic (exact) mass is 545 g/mol. The van der Waals surface area contributed by atoms with Crippen LogP contribution < -0.4 is 4.90 Å². The first-order valence-corrected chi connectivity index (χ1v) is 14.0. The Kier molecular flexibility index (Phi) is 6.61. The van der Waals surface area contributed by atoms with Crippen molar-refractivity contribution in [2.24, 2.45) is 29.6 Å². The number of alkyl halides is 3. The highest BCUT2D eigenvalue weighted by atomic mass is 35.5. The number of benzene rings is 1. The summed E-state index contributed by atoms with van der Waals surface area (Å²) in [4.78, 5) is 17.3. The van der Waals surface area contributed by atoms with Gasteiger partial charge in [-0.05, 0) is 67.7 Å². The van der Waals surface area contributed by atoms with Crippen LogP contribution in [0.3, 0.4) is 0 Å². The summed E-state index contributed by atoms with van der Waals surface area (Å²) < 4.78 is 66.7. The predicted molar refractivity (Wildman–Crippen MR) is 132 cm³/mol. The van der Waals surface area contributed by atoms with E-state index in [-0.39, 0.29) is 42.6 Å². The molecule has 6 unspecified atom stereocenters. The lowest BCUT2D eigenvalue weighted by atomic mass is 9.68. The lowest BCUT2D eigenvalue weighted by Gasteiger charge is -2.37. The Labute approximate surface area is 215 Å². The highest BCUT2D eigenvalue weighted by Gasteiger charge is 2.69. The summed E-state index contributed by atoms with van der Waals surface area (Å²) >= 11 is 0. The smallest absolute Gasteiger partial charge is 0.369 e. The van der Waals surface area contributed by atoms with Gasteiger partial charge >= 0.3 is 6.18 Å². The van der Waals surface area contributed by atoms with Crippen molar-refractivity contribution in [1.82, 2.24) is 9.21 Å². The molecule has 0 aromatic heterocycles. The van der Waals surface area contributed by atoms with Gasteiger partial charge in [-0.15, -0.1) is 12.4 Å². The number of sulfonamides is 1. The van der Waals surface area contributed by atoms with Crippen molar-refractivity contribution in [2.75, 3.05) is 44.2 Å². The number of halogens is 4. The summed E-state index contributed by atoms with van der Waals surface area (Å²) in [7, 11) is -3.60. The summed E-state index contributed by atoms with van der Waals surface area (Å²) in [5.74, 6) is 0.456. The van der Waals surface area contributed by atoms with Crippen molar-refractivity contribution >= 4 is 34.0 Å². The van der Waals surface area contributed by atoms with Gasteiger partial charge in [0.05, 0.1) is 16.7 Å². The molecule has 2 bridgehead atoms. The third-order valence-electron chi connectivity index (χ3n) is 8.76. The lowest BCUT2D eigenvalue weighted by molar-refractivity contribution is -0.137. The van der Waals surface area contributed by atoms with E-state index >= 15 is 0 Å². The van der Waals surface area contributed by atoms with Crippen LogP contribution in [0.25, 0.3) is 0 Å². The molecule has 2 saturated carbocycles. The van der Waals surface area contributed by atoms with Crippen LogP contribution in [-0.4, -0.2) is 68.0 Å². The van der Waals surface area contributed by atoms with Gasteiger partial charge in [-0.3, -0.25) is 9.69 Å². The molecule has 7 rings (SSSR count). The Morgan fingerprint density at radius 3 is 2.33 bits per heavy atom. The van der Waals surface area contributed by atoms with Crippen molar-refractivity contribution in [3.8, 4) is 0 Å². The number of carbonyl (C=O) groups is 1. The topological polar surface area (TPSA) is 60.9 Å². The molecule has 2 aliphatic heterocycles.